The van der Waals surface area contributed by atoms with E-state index in [4.69, 9.17) is 9.47 Å². The van der Waals surface area contributed by atoms with E-state index < -0.39 is 90.5 Å². The number of alkyl carbamates (subject to hydrolysis) is 1. The number of amides is 5. The zero-order valence-electron chi connectivity index (χ0n) is 31.4. The van der Waals surface area contributed by atoms with E-state index in [2.05, 4.69) is 26.6 Å². The Balaban J connectivity index is 3.32. The van der Waals surface area contributed by atoms with E-state index in [1.807, 2.05) is 13.8 Å². The van der Waals surface area contributed by atoms with Crippen LogP contribution in [0.1, 0.15) is 92.6 Å². The standard InChI is InChI=1S/C36H57N5O11/c1-21(2)18-26(39-34(49)27(20-23-12-10-9-11-13-23)40-35(50)52-36(5,6)7)33(48)38-24(14-16-29(42)43)31(46)37-25(15-17-30(44)45)32(47)41-28(51-8)19-22(3)4/h9-13,21-22,24-28H,14-20H2,1-8H3,(H,37,46)(H,38,48)(H,39,49)(H,40,50)(H,41,47)(H,42,43)(H,44,45)/t24-,25-,26-,27?,28+/m0/s1. The van der Waals surface area contributed by atoms with Crippen molar-refractivity contribution >= 4 is 41.7 Å². The molecule has 0 aromatic heterocycles. The third-order valence-electron chi connectivity index (χ3n) is 7.46. The largest absolute Gasteiger partial charge is 0.481 e. The van der Waals surface area contributed by atoms with Crippen molar-refractivity contribution in [3.63, 3.8) is 0 Å². The van der Waals surface area contributed by atoms with Crippen molar-refractivity contribution in [2.75, 3.05) is 7.11 Å². The molecule has 1 aromatic carbocycles. The summed E-state index contributed by atoms with van der Waals surface area (Å²) in [6.45, 7) is 12.4. The first-order valence-electron chi connectivity index (χ1n) is 17.4. The van der Waals surface area contributed by atoms with Gasteiger partial charge < -0.3 is 46.3 Å². The maximum absolute atomic E-state index is 13.7. The summed E-state index contributed by atoms with van der Waals surface area (Å²) in [7, 11) is 1.39. The molecule has 0 aliphatic rings. The number of carboxylic acids is 2. The van der Waals surface area contributed by atoms with Crippen molar-refractivity contribution in [2.45, 2.75) is 129 Å². The molecule has 5 amide bonds. The minimum Gasteiger partial charge on any atom is -0.481 e. The molecule has 0 spiro atoms. The monoisotopic (exact) mass is 735 g/mol. The minimum absolute atomic E-state index is 0.0620. The van der Waals surface area contributed by atoms with E-state index in [1.165, 1.54) is 7.11 Å². The van der Waals surface area contributed by atoms with E-state index in [1.54, 1.807) is 65.0 Å². The average Bonchev–Trinajstić information content (AvgIpc) is 3.02. The molecule has 52 heavy (non-hydrogen) atoms. The van der Waals surface area contributed by atoms with Gasteiger partial charge in [0.05, 0.1) is 0 Å². The van der Waals surface area contributed by atoms with Gasteiger partial charge in [-0.25, -0.2) is 4.79 Å². The lowest BCUT2D eigenvalue weighted by Crippen LogP contribution is -2.59. The molecule has 5 atom stereocenters. The van der Waals surface area contributed by atoms with Crippen LogP contribution in [0.3, 0.4) is 0 Å². The van der Waals surface area contributed by atoms with E-state index in [9.17, 15) is 43.8 Å². The van der Waals surface area contributed by atoms with Crippen LogP contribution in [-0.2, 0) is 44.7 Å². The summed E-state index contributed by atoms with van der Waals surface area (Å²) >= 11 is 0. The summed E-state index contributed by atoms with van der Waals surface area (Å²) < 4.78 is 10.7. The number of methoxy groups -OCH3 is 1. The van der Waals surface area contributed by atoms with Crippen LogP contribution >= 0.6 is 0 Å². The van der Waals surface area contributed by atoms with Crippen LogP contribution in [0.5, 0.6) is 0 Å². The summed E-state index contributed by atoms with van der Waals surface area (Å²) in [5.41, 5.74) is -0.132. The smallest absolute Gasteiger partial charge is 0.408 e. The van der Waals surface area contributed by atoms with Gasteiger partial charge in [-0.05, 0) is 63.9 Å². The Morgan fingerprint density at radius 3 is 1.52 bits per heavy atom. The van der Waals surface area contributed by atoms with Gasteiger partial charge in [0, 0.05) is 26.4 Å². The van der Waals surface area contributed by atoms with Crippen LogP contribution in [0.15, 0.2) is 30.3 Å². The molecule has 0 radical (unpaired) electrons. The first-order chi connectivity index (χ1) is 24.2. The van der Waals surface area contributed by atoms with Gasteiger partial charge in [-0.1, -0.05) is 58.0 Å². The number of carbonyl (C=O) groups is 7. The number of hydrogen-bond donors (Lipinski definition) is 7. The molecule has 0 saturated carbocycles. The molecule has 0 bridgehead atoms. The van der Waals surface area contributed by atoms with E-state index >= 15 is 0 Å². The summed E-state index contributed by atoms with van der Waals surface area (Å²) in [4.78, 5) is 89.7. The Hall–Kier alpha value is -4.73. The van der Waals surface area contributed by atoms with Crippen molar-refractivity contribution in [3.8, 4) is 0 Å². The Kier molecular flexibility index (Phi) is 19.4. The predicted molar refractivity (Wildman–Crippen MR) is 191 cm³/mol. The number of rotatable bonds is 22. The first kappa shape index (κ1) is 45.3. The van der Waals surface area contributed by atoms with Crippen LogP contribution < -0.4 is 26.6 Å². The highest BCUT2D eigenvalue weighted by Crippen LogP contribution is 2.12. The van der Waals surface area contributed by atoms with Gasteiger partial charge in [0.15, 0.2) is 0 Å². The summed E-state index contributed by atoms with van der Waals surface area (Å²) in [5.74, 6) is -5.65. The normalized spacial score (nSPS) is 14.3. The van der Waals surface area contributed by atoms with E-state index in [-0.39, 0.29) is 37.5 Å². The zero-order valence-corrected chi connectivity index (χ0v) is 31.4. The molecular weight excluding hydrogens is 678 g/mol. The number of hydrogen-bond acceptors (Lipinski definition) is 9. The van der Waals surface area contributed by atoms with Crippen LogP contribution in [0.25, 0.3) is 0 Å². The summed E-state index contributed by atoms with van der Waals surface area (Å²) in [6, 6.07) is 3.64. The van der Waals surface area contributed by atoms with Crippen LogP contribution in [0, 0.1) is 11.8 Å². The maximum Gasteiger partial charge on any atom is 0.408 e. The van der Waals surface area contributed by atoms with Crippen molar-refractivity contribution in [1.29, 1.82) is 0 Å². The van der Waals surface area contributed by atoms with E-state index in [0.29, 0.717) is 6.42 Å². The summed E-state index contributed by atoms with van der Waals surface area (Å²) in [5, 5.41) is 31.5. The molecule has 0 fully saturated rings. The fourth-order valence-electron chi connectivity index (χ4n) is 5.00. The fourth-order valence-corrected chi connectivity index (χ4v) is 5.00. The topological polar surface area (TPSA) is 239 Å². The molecule has 1 aromatic rings. The van der Waals surface area contributed by atoms with Gasteiger partial charge in [0.25, 0.3) is 0 Å². The van der Waals surface area contributed by atoms with Gasteiger partial charge in [-0.15, -0.1) is 0 Å². The van der Waals surface area contributed by atoms with Crippen molar-refractivity contribution in [3.05, 3.63) is 35.9 Å². The molecule has 16 nitrogen and oxygen atoms in total. The maximum atomic E-state index is 13.7. The molecular formula is C36H57N5O11. The highest BCUT2D eigenvalue weighted by Gasteiger charge is 2.33. The third-order valence-corrected chi connectivity index (χ3v) is 7.46. The molecule has 1 rings (SSSR count). The highest BCUT2D eigenvalue weighted by atomic mass is 16.6. The van der Waals surface area contributed by atoms with Crippen LogP contribution in [-0.4, -0.2) is 95.0 Å². The second kappa shape index (κ2) is 22.3. The molecule has 16 heteroatoms. The van der Waals surface area contributed by atoms with Crippen LogP contribution in [0.2, 0.25) is 0 Å². The lowest BCUT2D eigenvalue weighted by Gasteiger charge is -2.28. The zero-order chi connectivity index (χ0) is 39.6. The number of carboxylic acid groups (broad SMARTS) is 2. The number of nitrogens with one attached hydrogen (secondary N) is 5. The van der Waals surface area contributed by atoms with E-state index in [0.717, 1.165) is 5.56 Å². The Morgan fingerprint density at radius 2 is 1.08 bits per heavy atom. The Morgan fingerprint density at radius 1 is 0.635 bits per heavy atom. The molecule has 292 valence electrons. The SMILES string of the molecule is CO[C@H](CC(C)C)NC(=O)[C@H](CCC(=O)O)NC(=O)[C@H](CCC(=O)O)NC(=O)[C@H](CC(C)C)NC(=O)C(Cc1ccccc1)NC(=O)OC(C)(C)C. The van der Waals surface area contributed by atoms with Crippen molar-refractivity contribution in [1.82, 2.24) is 26.6 Å². The lowest BCUT2D eigenvalue weighted by molar-refractivity contribution is -0.140. The molecule has 0 aliphatic carbocycles. The minimum atomic E-state index is -1.48. The second-order valence-corrected chi connectivity index (χ2v) is 14.4. The number of ether oxygens (including phenoxy) is 2. The first-order valence-corrected chi connectivity index (χ1v) is 17.4. The van der Waals surface area contributed by atoms with Gasteiger partial charge in [-0.3, -0.25) is 28.8 Å². The molecule has 0 saturated heterocycles. The number of aliphatic carboxylic acids is 2. The van der Waals surface area contributed by atoms with Crippen molar-refractivity contribution < 1.29 is 53.2 Å². The average molecular weight is 736 g/mol. The fraction of sp³-hybridized carbons (Fsp3) is 0.639. The van der Waals surface area contributed by atoms with Crippen molar-refractivity contribution in [2.24, 2.45) is 11.8 Å². The molecule has 1 unspecified atom stereocenters. The molecule has 0 heterocycles. The predicted octanol–water partition coefficient (Wildman–Crippen LogP) is 2.49. The van der Waals surface area contributed by atoms with Gasteiger partial charge >= 0.3 is 18.0 Å². The third kappa shape index (κ3) is 19.0. The lowest BCUT2D eigenvalue weighted by atomic mass is 10.00. The second-order valence-electron chi connectivity index (χ2n) is 14.4. The Labute approximate surface area is 305 Å². The quantitative estimate of drug-likeness (QED) is 0.0854. The number of carbonyl (C=O) groups excluding carboxylic acids is 5. The number of benzene rings is 1. The van der Waals surface area contributed by atoms with Crippen LogP contribution in [0.4, 0.5) is 4.79 Å². The van der Waals surface area contributed by atoms with Gasteiger partial charge in [0.2, 0.25) is 23.6 Å². The van der Waals surface area contributed by atoms with Gasteiger partial charge in [0.1, 0.15) is 36.0 Å². The van der Waals surface area contributed by atoms with Gasteiger partial charge in [-0.2, -0.15) is 0 Å². The summed E-state index contributed by atoms with van der Waals surface area (Å²) in [6.07, 6.45) is -2.67. The Bertz CT molecular complexity index is 1350. The molecule has 0 aliphatic heterocycles. The highest BCUT2D eigenvalue weighted by molar-refractivity contribution is 5.95. The molecule has 7 N–H and O–H groups in total.